The minimum atomic E-state index is -0.504. The summed E-state index contributed by atoms with van der Waals surface area (Å²) in [6, 6.07) is 7.96. The summed E-state index contributed by atoms with van der Waals surface area (Å²) in [7, 11) is 0. The van der Waals surface area contributed by atoms with E-state index in [-0.39, 0.29) is 49.1 Å². The highest BCUT2D eigenvalue weighted by molar-refractivity contribution is 5.85. The highest BCUT2D eigenvalue weighted by atomic mass is 35.5. The molecule has 148 valence electrons. The summed E-state index contributed by atoms with van der Waals surface area (Å²) in [6.45, 7) is 0.628. The minimum absolute atomic E-state index is 0. The lowest BCUT2D eigenvalue weighted by atomic mass is 10.1. The van der Waals surface area contributed by atoms with Crippen LogP contribution in [0, 0.1) is 5.82 Å². The number of hydrogen-bond acceptors (Lipinski definition) is 5. The molecule has 2 atom stereocenters. The van der Waals surface area contributed by atoms with Crippen molar-refractivity contribution in [2.45, 2.75) is 31.6 Å². The molecule has 0 bridgehead atoms. The van der Waals surface area contributed by atoms with Gasteiger partial charge in [0.1, 0.15) is 11.9 Å². The first-order chi connectivity index (χ1) is 12.2. The zero-order chi connectivity index (χ0) is 17.6. The molecule has 27 heavy (non-hydrogen) atoms. The monoisotopic (exact) mass is 417 g/mol. The Morgan fingerprint density at radius 1 is 1.33 bits per heavy atom. The number of carbonyl (C=O) groups is 1. The van der Waals surface area contributed by atoms with Crippen molar-refractivity contribution in [3.63, 3.8) is 0 Å². The SMILES string of the molecule is Cl.Cl.NC[C@H]1CC[C@@H](C(=O)NCc2ccc(Oc3cccnc3)c(F)c2)O1. The summed E-state index contributed by atoms with van der Waals surface area (Å²) in [6.07, 6.45) is 4.01. The van der Waals surface area contributed by atoms with Crippen molar-refractivity contribution in [1.82, 2.24) is 10.3 Å². The van der Waals surface area contributed by atoms with Crippen LogP contribution in [0.4, 0.5) is 4.39 Å². The lowest BCUT2D eigenvalue weighted by Crippen LogP contribution is -2.35. The van der Waals surface area contributed by atoms with E-state index in [9.17, 15) is 9.18 Å². The molecule has 3 N–H and O–H groups in total. The van der Waals surface area contributed by atoms with E-state index in [0.717, 1.165) is 6.42 Å². The van der Waals surface area contributed by atoms with E-state index in [1.165, 1.54) is 18.3 Å². The fourth-order valence-corrected chi connectivity index (χ4v) is 2.65. The Hall–Kier alpha value is -1.93. The number of rotatable bonds is 6. The molecule has 1 saturated heterocycles. The second-order valence-corrected chi connectivity index (χ2v) is 5.83. The number of nitrogens with two attached hydrogens (primary N) is 1. The van der Waals surface area contributed by atoms with Crippen LogP contribution in [0.15, 0.2) is 42.7 Å². The van der Waals surface area contributed by atoms with Gasteiger partial charge in [-0.3, -0.25) is 9.78 Å². The molecule has 0 unspecified atom stereocenters. The first-order valence-electron chi connectivity index (χ1n) is 8.15. The first kappa shape index (κ1) is 23.1. The summed E-state index contributed by atoms with van der Waals surface area (Å²) < 4.78 is 25.1. The van der Waals surface area contributed by atoms with Crippen LogP contribution in [0.1, 0.15) is 18.4 Å². The maximum Gasteiger partial charge on any atom is 0.249 e. The third-order valence-corrected chi connectivity index (χ3v) is 3.99. The molecule has 3 rings (SSSR count). The number of pyridine rings is 1. The number of carbonyl (C=O) groups excluding carboxylic acids is 1. The number of nitrogens with one attached hydrogen (secondary N) is 1. The van der Waals surface area contributed by atoms with Crippen LogP contribution in [-0.4, -0.2) is 29.6 Å². The van der Waals surface area contributed by atoms with E-state index in [0.29, 0.717) is 24.3 Å². The van der Waals surface area contributed by atoms with Gasteiger partial charge in [-0.05, 0) is 42.7 Å². The molecule has 1 aromatic carbocycles. The Morgan fingerprint density at radius 3 is 2.78 bits per heavy atom. The maximum absolute atomic E-state index is 14.2. The van der Waals surface area contributed by atoms with Gasteiger partial charge in [-0.1, -0.05) is 6.07 Å². The second kappa shape index (κ2) is 11.0. The van der Waals surface area contributed by atoms with E-state index >= 15 is 0 Å². The normalized spacial score (nSPS) is 18.1. The lowest BCUT2D eigenvalue weighted by Gasteiger charge is -2.13. The molecule has 0 radical (unpaired) electrons. The van der Waals surface area contributed by atoms with E-state index in [4.69, 9.17) is 15.2 Å². The van der Waals surface area contributed by atoms with Gasteiger partial charge in [0.05, 0.1) is 12.3 Å². The van der Waals surface area contributed by atoms with Gasteiger partial charge in [0.15, 0.2) is 11.6 Å². The maximum atomic E-state index is 14.2. The zero-order valence-corrected chi connectivity index (χ0v) is 16.1. The highest BCUT2D eigenvalue weighted by Crippen LogP contribution is 2.24. The van der Waals surface area contributed by atoms with Gasteiger partial charge in [0.25, 0.3) is 0 Å². The molecule has 1 aliphatic rings. The average molecular weight is 418 g/mol. The van der Waals surface area contributed by atoms with E-state index in [1.807, 2.05) is 0 Å². The number of hydrogen-bond donors (Lipinski definition) is 2. The Labute approximate surface area is 169 Å². The molecule has 0 aliphatic carbocycles. The molecule has 1 aliphatic heterocycles. The van der Waals surface area contributed by atoms with E-state index in [2.05, 4.69) is 10.3 Å². The molecule has 2 heterocycles. The Morgan fingerprint density at radius 2 is 2.15 bits per heavy atom. The van der Waals surface area contributed by atoms with Gasteiger partial charge < -0.3 is 20.5 Å². The second-order valence-electron chi connectivity index (χ2n) is 5.83. The fourth-order valence-electron chi connectivity index (χ4n) is 2.65. The third kappa shape index (κ3) is 6.32. The molecular formula is C18H22Cl2FN3O3. The number of halogens is 3. The van der Waals surface area contributed by atoms with Gasteiger partial charge >= 0.3 is 0 Å². The van der Waals surface area contributed by atoms with Crippen molar-refractivity contribution >= 4 is 30.7 Å². The van der Waals surface area contributed by atoms with E-state index in [1.54, 1.807) is 24.4 Å². The van der Waals surface area contributed by atoms with Gasteiger partial charge in [0.2, 0.25) is 5.91 Å². The van der Waals surface area contributed by atoms with Crippen molar-refractivity contribution in [1.29, 1.82) is 0 Å². The average Bonchev–Trinajstić information content (AvgIpc) is 3.12. The zero-order valence-electron chi connectivity index (χ0n) is 14.5. The summed E-state index contributed by atoms with van der Waals surface area (Å²) >= 11 is 0. The molecule has 1 fully saturated rings. The van der Waals surface area contributed by atoms with Crippen LogP contribution in [-0.2, 0) is 16.1 Å². The number of ether oxygens (including phenoxy) is 2. The molecule has 1 aromatic heterocycles. The Balaban J connectivity index is 0.00000182. The van der Waals surface area contributed by atoms with Gasteiger partial charge in [-0.2, -0.15) is 0 Å². The molecule has 1 amide bonds. The van der Waals surface area contributed by atoms with Crippen molar-refractivity contribution < 1.29 is 18.7 Å². The van der Waals surface area contributed by atoms with Crippen LogP contribution in [0.3, 0.4) is 0 Å². The van der Waals surface area contributed by atoms with Crippen molar-refractivity contribution in [2.75, 3.05) is 6.54 Å². The Kier molecular flexibility index (Phi) is 9.45. The smallest absolute Gasteiger partial charge is 0.249 e. The molecule has 9 heteroatoms. The van der Waals surface area contributed by atoms with Gasteiger partial charge in [0, 0.05) is 19.3 Å². The predicted molar refractivity (Wildman–Crippen MR) is 104 cm³/mol. The standard InChI is InChI=1S/C18H20FN3O3.2ClH/c19-15-8-12(3-5-16(15)25-14-2-1-7-21-11-14)10-22-18(23)17-6-4-13(9-20)24-17;;/h1-3,5,7-8,11,13,17H,4,6,9-10,20H2,(H,22,23);2*1H/t13-,17+;;/m1../s1. The quantitative estimate of drug-likeness (QED) is 0.754. The fraction of sp³-hybridized carbons (Fsp3) is 0.333. The number of nitrogens with zero attached hydrogens (tertiary/aromatic N) is 1. The summed E-state index contributed by atoms with van der Waals surface area (Å²) in [4.78, 5) is 16.0. The number of aromatic nitrogens is 1. The van der Waals surface area contributed by atoms with Crippen molar-refractivity contribution in [3.8, 4) is 11.5 Å². The van der Waals surface area contributed by atoms with Gasteiger partial charge in [-0.25, -0.2) is 4.39 Å². The number of amides is 1. The molecule has 6 nitrogen and oxygen atoms in total. The van der Waals surface area contributed by atoms with Crippen molar-refractivity contribution in [2.24, 2.45) is 5.73 Å². The van der Waals surface area contributed by atoms with Crippen LogP contribution >= 0.6 is 24.8 Å². The molecule has 2 aromatic rings. The minimum Gasteiger partial charge on any atom is -0.453 e. The van der Waals surface area contributed by atoms with E-state index < -0.39 is 11.9 Å². The van der Waals surface area contributed by atoms with Crippen molar-refractivity contribution in [3.05, 3.63) is 54.1 Å². The van der Waals surface area contributed by atoms with Crippen LogP contribution in [0.25, 0.3) is 0 Å². The molecule has 0 spiro atoms. The Bertz CT molecular complexity index is 737. The largest absolute Gasteiger partial charge is 0.453 e. The summed E-state index contributed by atoms with van der Waals surface area (Å²) in [5.41, 5.74) is 6.17. The lowest BCUT2D eigenvalue weighted by molar-refractivity contribution is -0.132. The highest BCUT2D eigenvalue weighted by Gasteiger charge is 2.29. The van der Waals surface area contributed by atoms with Crippen LogP contribution < -0.4 is 15.8 Å². The molecular weight excluding hydrogens is 396 g/mol. The first-order valence-corrected chi connectivity index (χ1v) is 8.15. The van der Waals surface area contributed by atoms with Gasteiger partial charge in [-0.15, -0.1) is 24.8 Å². The predicted octanol–water partition coefficient (Wildman–Crippen LogP) is 2.98. The topological polar surface area (TPSA) is 86.5 Å². The third-order valence-electron chi connectivity index (χ3n) is 3.99. The number of benzene rings is 1. The molecule has 0 saturated carbocycles. The summed E-state index contributed by atoms with van der Waals surface area (Å²) in [5.74, 6) is -0.147. The van der Waals surface area contributed by atoms with Crippen LogP contribution in [0.2, 0.25) is 0 Å². The van der Waals surface area contributed by atoms with Crippen LogP contribution in [0.5, 0.6) is 11.5 Å². The summed E-state index contributed by atoms with van der Waals surface area (Å²) in [5, 5.41) is 2.76.